The van der Waals surface area contributed by atoms with Crippen molar-refractivity contribution < 1.29 is 9.90 Å². The van der Waals surface area contributed by atoms with E-state index < -0.39 is 6.10 Å². The Morgan fingerprint density at radius 1 is 1.36 bits per heavy atom. The van der Waals surface area contributed by atoms with Crippen molar-refractivity contribution in [2.45, 2.75) is 25.4 Å². The Labute approximate surface area is 83.6 Å². The van der Waals surface area contributed by atoms with E-state index in [9.17, 15) is 9.90 Å². The van der Waals surface area contributed by atoms with Crippen molar-refractivity contribution in [1.29, 1.82) is 0 Å². The summed E-state index contributed by atoms with van der Waals surface area (Å²) in [7, 11) is 0. The van der Waals surface area contributed by atoms with Crippen LogP contribution in [0.25, 0.3) is 0 Å². The van der Waals surface area contributed by atoms with Crippen molar-refractivity contribution in [2.24, 2.45) is 5.92 Å². The van der Waals surface area contributed by atoms with Crippen LogP contribution < -0.4 is 0 Å². The number of aliphatic hydroxyl groups is 1. The molecule has 1 aliphatic rings. The molecule has 1 aromatic rings. The summed E-state index contributed by atoms with van der Waals surface area (Å²) in [5.74, 6) is 0.872. The molecule has 0 aromatic heterocycles. The van der Waals surface area contributed by atoms with Crippen molar-refractivity contribution in [1.82, 2.24) is 0 Å². The van der Waals surface area contributed by atoms with Gasteiger partial charge in [0, 0.05) is 0 Å². The van der Waals surface area contributed by atoms with E-state index in [1.54, 1.807) is 0 Å². The van der Waals surface area contributed by atoms with Gasteiger partial charge in [-0.25, -0.2) is 0 Å². The van der Waals surface area contributed by atoms with Gasteiger partial charge in [0.1, 0.15) is 6.10 Å². The van der Waals surface area contributed by atoms with Gasteiger partial charge in [-0.3, -0.25) is 0 Å². The van der Waals surface area contributed by atoms with Crippen LogP contribution in [0, 0.1) is 5.92 Å². The zero-order chi connectivity index (χ0) is 9.97. The predicted molar refractivity (Wildman–Crippen MR) is 53.9 cm³/mol. The van der Waals surface area contributed by atoms with E-state index in [1.165, 1.54) is 18.4 Å². The zero-order valence-corrected chi connectivity index (χ0v) is 8.02. The molecule has 0 heterocycles. The molecule has 1 atom stereocenters. The summed E-state index contributed by atoms with van der Waals surface area (Å²) < 4.78 is 0. The number of aliphatic hydroxyl groups excluding tert-OH is 1. The third kappa shape index (κ3) is 2.20. The molecule has 14 heavy (non-hydrogen) atoms. The topological polar surface area (TPSA) is 37.3 Å². The number of rotatable bonds is 4. The molecule has 2 rings (SSSR count). The van der Waals surface area contributed by atoms with Crippen molar-refractivity contribution in [3.05, 3.63) is 35.4 Å². The third-order valence-electron chi connectivity index (χ3n) is 2.67. The fourth-order valence-electron chi connectivity index (χ4n) is 1.58. The van der Waals surface area contributed by atoms with E-state index in [2.05, 4.69) is 0 Å². The largest absolute Gasteiger partial charge is 0.381 e. The third-order valence-corrected chi connectivity index (χ3v) is 2.67. The van der Waals surface area contributed by atoms with E-state index in [4.69, 9.17) is 0 Å². The number of carbonyl (C=O) groups is 1. The number of hydrogen-bond acceptors (Lipinski definition) is 2. The standard InChI is InChI=1S/C12H14O2/c13-8-12(14)11-5-3-10(4-6-11)7-9-1-2-9/h3-6,8-9,12,14H,1-2,7H2. The highest BCUT2D eigenvalue weighted by atomic mass is 16.3. The first-order valence-corrected chi connectivity index (χ1v) is 5.02. The number of carbonyl (C=O) groups excluding carboxylic acids is 1. The first-order chi connectivity index (χ1) is 6.79. The van der Waals surface area contributed by atoms with Crippen LogP contribution in [0.3, 0.4) is 0 Å². The summed E-state index contributed by atoms with van der Waals surface area (Å²) in [6.07, 6.45) is 3.41. The lowest BCUT2D eigenvalue weighted by Crippen LogP contribution is -1.98. The van der Waals surface area contributed by atoms with Crippen molar-refractivity contribution in [3.63, 3.8) is 0 Å². The molecule has 1 unspecified atom stereocenters. The van der Waals surface area contributed by atoms with Crippen LogP contribution >= 0.6 is 0 Å². The normalized spacial score (nSPS) is 17.8. The lowest BCUT2D eigenvalue weighted by Gasteiger charge is -2.04. The molecule has 1 aliphatic carbocycles. The predicted octanol–water partition coefficient (Wildman–Crippen LogP) is 1.87. The zero-order valence-electron chi connectivity index (χ0n) is 8.02. The molecule has 0 radical (unpaired) electrons. The van der Waals surface area contributed by atoms with Crippen molar-refractivity contribution >= 4 is 6.29 Å². The fourth-order valence-corrected chi connectivity index (χ4v) is 1.58. The molecule has 1 saturated carbocycles. The van der Waals surface area contributed by atoms with Gasteiger partial charge in [-0.05, 0) is 36.3 Å². The maximum absolute atomic E-state index is 10.3. The molecule has 2 nitrogen and oxygen atoms in total. The smallest absolute Gasteiger partial charge is 0.153 e. The van der Waals surface area contributed by atoms with Crippen LogP contribution in [0.5, 0.6) is 0 Å². The van der Waals surface area contributed by atoms with E-state index in [0.29, 0.717) is 11.8 Å². The van der Waals surface area contributed by atoms with E-state index in [0.717, 1.165) is 12.3 Å². The first-order valence-electron chi connectivity index (χ1n) is 5.02. The summed E-state index contributed by atoms with van der Waals surface area (Å²) in [4.78, 5) is 10.3. The maximum atomic E-state index is 10.3. The van der Waals surface area contributed by atoms with Crippen LogP contribution in [0.2, 0.25) is 0 Å². The highest BCUT2D eigenvalue weighted by molar-refractivity contribution is 5.59. The summed E-state index contributed by atoms with van der Waals surface area (Å²) in [5, 5.41) is 9.25. The van der Waals surface area contributed by atoms with Crippen molar-refractivity contribution in [3.8, 4) is 0 Å². The highest BCUT2D eigenvalue weighted by Crippen LogP contribution is 2.32. The van der Waals surface area contributed by atoms with E-state index in [1.807, 2.05) is 24.3 Å². The number of hydrogen-bond donors (Lipinski definition) is 1. The van der Waals surface area contributed by atoms with Crippen LogP contribution in [0.15, 0.2) is 24.3 Å². The summed E-state index contributed by atoms with van der Waals surface area (Å²) in [5.41, 5.74) is 1.98. The Hall–Kier alpha value is -1.15. The Morgan fingerprint density at radius 2 is 2.00 bits per heavy atom. The Balaban J connectivity index is 2.04. The number of benzene rings is 1. The second-order valence-electron chi connectivity index (χ2n) is 3.97. The molecule has 0 saturated heterocycles. The molecule has 0 amide bonds. The molecular weight excluding hydrogens is 176 g/mol. The van der Waals surface area contributed by atoms with Crippen molar-refractivity contribution in [2.75, 3.05) is 0 Å². The molecule has 1 N–H and O–H groups in total. The average molecular weight is 190 g/mol. The molecule has 0 bridgehead atoms. The SMILES string of the molecule is O=CC(O)c1ccc(CC2CC2)cc1. The molecule has 0 aliphatic heterocycles. The minimum Gasteiger partial charge on any atom is -0.381 e. The lowest BCUT2D eigenvalue weighted by molar-refractivity contribution is -0.115. The summed E-state index contributed by atoms with van der Waals surface area (Å²) in [6, 6.07) is 7.66. The monoisotopic (exact) mass is 190 g/mol. The van der Waals surface area contributed by atoms with Gasteiger partial charge < -0.3 is 9.90 Å². The lowest BCUT2D eigenvalue weighted by atomic mass is 10.0. The Morgan fingerprint density at radius 3 is 2.50 bits per heavy atom. The Bertz CT molecular complexity index is 312. The number of aldehydes is 1. The summed E-state index contributed by atoms with van der Waals surface area (Å²) >= 11 is 0. The maximum Gasteiger partial charge on any atom is 0.153 e. The average Bonchev–Trinajstić information content (AvgIpc) is 3.02. The molecular formula is C12H14O2. The van der Waals surface area contributed by atoms with Gasteiger partial charge in [0.25, 0.3) is 0 Å². The van der Waals surface area contributed by atoms with Gasteiger partial charge in [-0.15, -0.1) is 0 Å². The second kappa shape index (κ2) is 3.93. The molecule has 2 heteroatoms. The Kier molecular flexibility index (Phi) is 2.64. The van der Waals surface area contributed by atoms with Gasteiger partial charge in [-0.2, -0.15) is 0 Å². The van der Waals surface area contributed by atoms with Gasteiger partial charge >= 0.3 is 0 Å². The van der Waals surface area contributed by atoms with E-state index >= 15 is 0 Å². The molecule has 0 spiro atoms. The van der Waals surface area contributed by atoms with Gasteiger partial charge in [-0.1, -0.05) is 24.3 Å². The van der Waals surface area contributed by atoms with Crippen LogP contribution in [0.4, 0.5) is 0 Å². The van der Waals surface area contributed by atoms with Gasteiger partial charge in [0.05, 0.1) is 0 Å². The van der Waals surface area contributed by atoms with E-state index in [-0.39, 0.29) is 0 Å². The second-order valence-corrected chi connectivity index (χ2v) is 3.97. The minimum atomic E-state index is -0.968. The van der Waals surface area contributed by atoms with Crippen LogP contribution in [-0.2, 0) is 11.2 Å². The molecule has 1 aromatic carbocycles. The van der Waals surface area contributed by atoms with Gasteiger partial charge in [0.15, 0.2) is 6.29 Å². The summed E-state index contributed by atoms with van der Waals surface area (Å²) in [6.45, 7) is 0. The molecule has 74 valence electrons. The highest BCUT2D eigenvalue weighted by Gasteiger charge is 2.21. The first kappa shape index (κ1) is 9.41. The minimum absolute atomic E-state index is 0.551. The molecule has 1 fully saturated rings. The quantitative estimate of drug-likeness (QED) is 0.736. The van der Waals surface area contributed by atoms with Crippen LogP contribution in [-0.4, -0.2) is 11.4 Å². The fraction of sp³-hybridized carbons (Fsp3) is 0.417. The van der Waals surface area contributed by atoms with Crippen LogP contribution in [0.1, 0.15) is 30.1 Å². The van der Waals surface area contributed by atoms with Gasteiger partial charge in [0.2, 0.25) is 0 Å².